The van der Waals surface area contributed by atoms with E-state index >= 15 is 0 Å². The minimum atomic E-state index is 0.269. The van der Waals surface area contributed by atoms with Crippen molar-refractivity contribution in [2.45, 2.75) is 6.54 Å². The number of rotatable bonds is 3. The van der Waals surface area contributed by atoms with Crippen molar-refractivity contribution in [1.82, 2.24) is 14.3 Å². The molecule has 118 valence electrons. The van der Waals surface area contributed by atoms with E-state index in [9.17, 15) is 0 Å². The molecule has 0 atom stereocenters. The number of benzene rings is 1. The molecule has 0 unspecified atom stereocenters. The third-order valence-corrected chi connectivity index (χ3v) is 3.85. The Morgan fingerprint density at radius 3 is 2.83 bits per heavy atom. The highest BCUT2D eigenvalue weighted by molar-refractivity contribution is 5.70. The van der Waals surface area contributed by atoms with E-state index in [0.717, 1.165) is 40.6 Å². The van der Waals surface area contributed by atoms with Crippen LogP contribution in [0.15, 0.2) is 36.5 Å². The lowest BCUT2D eigenvalue weighted by Crippen LogP contribution is -2.13. The van der Waals surface area contributed by atoms with Crippen LogP contribution in [0.1, 0.15) is 5.69 Å². The zero-order valence-corrected chi connectivity index (χ0v) is 13.1. The van der Waals surface area contributed by atoms with Gasteiger partial charge in [0.2, 0.25) is 6.79 Å². The summed E-state index contributed by atoms with van der Waals surface area (Å²) in [6.07, 6.45) is 1.91. The predicted octanol–water partition coefficient (Wildman–Crippen LogP) is 2.37. The molecule has 0 saturated carbocycles. The third-order valence-electron chi connectivity index (χ3n) is 3.85. The molecular formula is C17H18N4O2. The second kappa shape index (κ2) is 5.17. The number of nitrogens with two attached hydrogens (primary N) is 1. The van der Waals surface area contributed by atoms with Gasteiger partial charge in [-0.15, -0.1) is 0 Å². The van der Waals surface area contributed by atoms with Crippen LogP contribution in [-0.4, -0.2) is 35.2 Å². The molecule has 0 radical (unpaired) electrons. The number of aromatic nitrogens is 2. The van der Waals surface area contributed by atoms with Crippen LogP contribution in [0.25, 0.3) is 16.9 Å². The molecule has 2 aromatic heterocycles. The first-order valence-corrected chi connectivity index (χ1v) is 7.43. The van der Waals surface area contributed by atoms with E-state index in [2.05, 4.69) is 9.30 Å². The highest BCUT2D eigenvalue weighted by Gasteiger charge is 2.19. The molecular weight excluding hydrogens is 292 g/mol. The summed E-state index contributed by atoms with van der Waals surface area (Å²) in [6.45, 7) is 1.03. The van der Waals surface area contributed by atoms with E-state index < -0.39 is 0 Å². The summed E-state index contributed by atoms with van der Waals surface area (Å²) in [5, 5.41) is 0. The van der Waals surface area contributed by atoms with Gasteiger partial charge in [-0.1, -0.05) is 0 Å². The fourth-order valence-electron chi connectivity index (χ4n) is 2.84. The molecule has 1 aromatic carbocycles. The van der Waals surface area contributed by atoms with Crippen LogP contribution in [0.2, 0.25) is 0 Å². The smallest absolute Gasteiger partial charge is 0.231 e. The number of hydrogen-bond donors (Lipinski definition) is 1. The maximum atomic E-state index is 5.95. The van der Waals surface area contributed by atoms with Crippen molar-refractivity contribution in [3.63, 3.8) is 0 Å². The number of hydrogen-bond acceptors (Lipinski definition) is 5. The zero-order valence-electron chi connectivity index (χ0n) is 13.1. The molecule has 1 aliphatic heterocycles. The summed E-state index contributed by atoms with van der Waals surface area (Å²) in [4.78, 5) is 6.90. The predicted molar refractivity (Wildman–Crippen MR) is 88.6 cm³/mol. The fourth-order valence-corrected chi connectivity index (χ4v) is 2.84. The Morgan fingerprint density at radius 1 is 1.17 bits per heavy atom. The third kappa shape index (κ3) is 2.37. The van der Waals surface area contributed by atoms with Gasteiger partial charge in [0.15, 0.2) is 11.5 Å². The Morgan fingerprint density at radius 2 is 2.00 bits per heavy atom. The van der Waals surface area contributed by atoms with E-state index in [1.54, 1.807) is 0 Å². The summed E-state index contributed by atoms with van der Waals surface area (Å²) in [6, 6.07) is 9.72. The Balaban J connectivity index is 1.91. The summed E-state index contributed by atoms with van der Waals surface area (Å²) in [5.41, 5.74) is 10.6. The van der Waals surface area contributed by atoms with Crippen LogP contribution in [0.5, 0.6) is 11.5 Å². The first-order valence-electron chi connectivity index (χ1n) is 7.43. The fraction of sp³-hybridized carbons (Fsp3) is 0.235. The van der Waals surface area contributed by atoms with Crippen LogP contribution in [0.3, 0.4) is 0 Å². The average molecular weight is 310 g/mol. The SMILES string of the molecule is CN(C)Cc1c(-c2ccc3c(c2)OCO3)nc2ccc(N)cn12. The van der Waals surface area contributed by atoms with Gasteiger partial charge < -0.3 is 24.5 Å². The van der Waals surface area contributed by atoms with E-state index in [-0.39, 0.29) is 6.79 Å². The molecule has 1 aliphatic rings. The van der Waals surface area contributed by atoms with E-state index in [4.69, 9.17) is 20.2 Å². The summed E-state index contributed by atoms with van der Waals surface area (Å²) >= 11 is 0. The van der Waals surface area contributed by atoms with E-state index in [1.165, 1.54) is 0 Å². The van der Waals surface area contributed by atoms with Gasteiger partial charge in [-0.05, 0) is 44.4 Å². The number of pyridine rings is 1. The minimum Gasteiger partial charge on any atom is -0.454 e. The lowest BCUT2D eigenvalue weighted by molar-refractivity contribution is 0.174. The van der Waals surface area contributed by atoms with Crippen LogP contribution in [-0.2, 0) is 6.54 Å². The Hall–Kier alpha value is -2.73. The first-order chi connectivity index (χ1) is 11.1. The molecule has 6 heteroatoms. The monoisotopic (exact) mass is 310 g/mol. The van der Waals surface area contributed by atoms with Gasteiger partial charge in [0, 0.05) is 24.0 Å². The number of nitrogen functional groups attached to an aromatic ring is 1. The molecule has 23 heavy (non-hydrogen) atoms. The molecule has 6 nitrogen and oxygen atoms in total. The molecule has 3 heterocycles. The first kappa shape index (κ1) is 13.9. The second-order valence-electron chi connectivity index (χ2n) is 5.90. The van der Waals surface area contributed by atoms with Crippen molar-refractivity contribution in [1.29, 1.82) is 0 Å². The largest absolute Gasteiger partial charge is 0.454 e. The maximum Gasteiger partial charge on any atom is 0.231 e. The summed E-state index contributed by atoms with van der Waals surface area (Å²) in [5.74, 6) is 1.53. The Bertz CT molecular complexity index is 886. The molecule has 0 amide bonds. The van der Waals surface area contributed by atoms with Gasteiger partial charge in [-0.25, -0.2) is 4.98 Å². The standard InChI is InChI=1S/C17H18N4O2/c1-20(2)9-13-17(19-16-6-4-12(18)8-21(13)16)11-3-5-14-15(7-11)23-10-22-14/h3-8H,9-10,18H2,1-2H3. The maximum absolute atomic E-state index is 5.95. The van der Waals surface area contributed by atoms with Gasteiger partial charge in [0.05, 0.1) is 11.4 Å². The highest BCUT2D eigenvalue weighted by atomic mass is 16.7. The second-order valence-corrected chi connectivity index (χ2v) is 5.90. The van der Waals surface area contributed by atoms with Gasteiger partial charge in [0.25, 0.3) is 0 Å². The van der Waals surface area contributed by atoms with Gasteiger partial charge >= 0.3 is 0 Å². The van der Waals surface area contributed by atoms with Crippen molar-refractivity contribution in [2.75, 3.05) is 26.6 Å². The Kier molecular flexibility index (Phi) is 3.12. The van der Waals surface area contributed by atoms with E-state index in [1.807, 2.05) is 50.6 Å². The highest BCUT2D eigenvalue weighted by Crippen LogP contribution is 2.37. The van der Waals surface area contributed by atoms with E-state index in [0.29, 0.717) is 5.69 Å². The van der Waals surface area contributed by atoms with Crippen molar-refractivity contribution in [2.24, 2.45) is 0 Å². The van der Waals surface area contributed by atoms with Crippen molar-refractivity contribution >= 4 is 11.3 Å². The number of anilines is 1. The normalized spacial score (nSPS) is 13.2. The lowest BCUT2D eigenvalue weighted by Gasteiger charge is -2.12. The number of ether oxygens (including phenoxy) is 2. The molecule has 3 aromatic rings. The van der Waals surface area contributed by atoms with Gasteiger partial charge in [-0.2, -0.15) is 0 Å². The van der Waals surface area contributed by atoms with Crippen LogP contribution in [0.4, 0.5) is 5.69 Å². The number of fused-ring (bicyclic) bond motifs is 2. The molecule has 0 bridgehead atoms. The van der Waals surface area contributed by atoms with Crippen LogP contribution in [0, 0.1) is 0 Å². The Labute approximate surface area is 134 Å². The summed E-state index contributed by atoms with van der Waals surface area (Å²) < 4.78 is 12.9. The lowest BCUT2D eigenvalue weighted by atomic mass is 10.1. The average Bonchev–Trinajstić information content (AvgIpc) is 3.11. The van der Waals surface area contributed by atoms with Crippen molar-refractivity contribution < 1.29 is 9.47 Å². The molecule has 0 spiro atoms. The molecule has 0 saturated heterocycles. The number of imidazole rings is 1. The van der Waals surface area contributed by atoms with Gasteiger partial charge in [-0.3, -0.25) is 0 Å². The minimum absolute atomic E-state index is 0.269. The van der Waals surface area contributed by atoms with Crippen molar-refractivity contribution in [3.05, 3.63) is 42.2 Å². The van der Waals surface area contributed by atoms with Crippen LogP contribution < -0.4 is 15.2 Å². The number of nitrogens with zero attached hydrogens (tertiary/aromatic N) is 3. The van der Waals surface area contributed by atoms with Gasteiger partial charge in [0.1, 0.15) is 5.65 Å². The molecule has 0 fully saturated rings. The zero-order chi connectivity index (χ0) is 16.0. The topological polar surface area (TPSA) is 65.0 Å². The molecule has 0 aliphatic carbocycles. The summed E-state index contributed by atoms with van der Waals surface area (Å²) in [7, 11) is 4.07. The molecule has 2 N–H and O–H groups in total. The van der Waals surface area contributed by atoms with Crippen molar-refractivity contribution in [3.8, 4) is 22.8 Å². The van der Waals surface area contributed by atoms with Crippen LogP contribution >= 0.6 is 0 Å². The quantitative estimate of drug-likeness (QED) is 0.804. The molecule has 4 rings (SSSR count).